The number of aromatic nitrogens is 2. The Bertz CT molecular complexity index is 579. The van der Waals surface area contributed by atoms with Crippen molar-refractivity contribution in [2.75, 3.05) is 0 Å². The van der Waals surface area contributed by atoms with Crippen LogP contribution in [0, 0.1) is 5.92 Å². The summed E-state index contributed by atoms with van der Waals surface area (Å²) in [7, 11) is 0. The maximum atomic E-state index is 11.6. The van der Waals surface area contributed by atoms with Crippen molar-refractivity contribution in [3.63, 3.8) is 0 Å². The molecule has 1 fully saturated rings. The lowest BCUT2D eigenvalue weighted by Gasteiger charge is -2.06. The predicted octanol–water partition coefficient (Wildman–Crippen LogP) is 2.17. The van der Waals surface area contributed by atoms with E-state index < -0.39 is 0 Å². The van der Waals surface area contributed by atoms with Gasteiger partial charge >= 0.3 is 0 Å². The highest BCUT2D eigenvalue weighted by Crippen LogP contribution is 2.28. The molecule has 96 valence electrons. The topological polar surface area (TPSA) is 54.9 Å². The van der Waals surface area contributed by atoms with Gasteiger partial charge in [-0.2, -0.15) is 0 Å². The number of rotatable bonds is 4. The van der Waals surface area contributed by atoms with E-state index in [1.165, 1.54) is 0 Å². The SMILES string of the molecule is O=C(NCc1ccnc(-c2ccncc2)c1)C1CC1. The second kappa shape index (κ2) is 5.18. The number of amides is 1. The minimum absolute atomic E-state index is 0.169. The molecular weight excluding hydrogens is 238 g/mol. The van der Waals surface area contributed by atoms with Crippen molar-refractivity contribution >= 4 is 5.91 Å². The first kappa shape index (κ1) is 11.8. The van der Waals surface area contributed by atoms with Crippen molar-refractivity contribution in [2.45, 2.75) is 19.4 Å². The van der Waals surface area contributed by atoms with E-state index in [1.54, 1.807) is 18.6 Å². The summed E-state index contributed by atoms with van der Waals surface area (Å²) in [5, 5.41) is 2.96. The van der Waals surface area contributed by atoms with Crippen molar-refractivity contribution in [1.82, 2.24) is 15.3 Å². The van der Waals surface area contributed by atoms with Crippen molar-refractivity contribution in [3.8, 4) is 11.3 Å². The van der Waals surface area contributed by atoms with Crippen LogP contribution in [0.3, 0.4) is 0 Å². The van der Waals surface area contributed by atoms with E-state index >= 15 is 0 Å². The molecule has 2 aromatic rings. The minimum atomic E-state index is 0.169. The van der Waals surface area contributed by atoms with Crippen LogP contribution in [0.1, 0.15) is 18.4 Å². The standard InChI is InChI=1S/C15H15N3O/c19-15(13-1-2-13)18-10-11-3-8-17-14(9-11)12-4-6-16-7-5-12/h3-9,13H,1-2,10H2,(H,18,19). The monoisotopic (exact) mass is 253 g/mol. The normalized spacial score (nSPS) is 14.1. The molecule has 1 aliphatic carbocycles. The molecule has 0 bridgehead atoms. The third-order valence-corrected chi connectivity index (χ3v) is 3.22. The van der Waals surface area contributed by atoms with E-state index in [1.807, 2.05) is 24.3 Å². The molecule has 4 nitrogen and oxygen atoms in total. The van der Waals surface area contributed by atoms with Gasteiger partial charge < -0.3 is 5.32 Å². The van der Waals surface area contributed by atoms with Crippen molar-refractivity contribution in [3.05, 3.63) is 48.4 Å². The van der Waals surface area contributed by atoms with Gasteiger partial charge in [-0.3, -0.25) is 14.8 Å². The Morgan fingerprint density at radius 3 is 2.74 bits per heavy atom. The van der Waals surface area contributed by atoms with Gasteiger partial charge in [0.15, 0.2) is 0 Å². The zero-order chi connectivity index (χ0) is 13.1. The molecule has 4 heteroatoms. The first-order valence-electron chi connectivity index (χ1n) is 6.46. The summed E-state index contributed by atoms with van der Waals surface area (Å²) in [5.41, 5.74) is 3.00. The third kappa shape index (κ3) is 2.96. The molecule has 3 rings (SSSR count). The van der Waals surface area contributed by atoms with E-state index in [2.05, 4.69) is 15.3 Å². The van der Waals surface area contributed by atoms with Crippen LogP contribution in [0.2, 0.25) is 0 Å². The molecule has 1 aliphatic rings. The highest BCUT2D eigenvalue weighted by Gasteiger charge is 2.29. The van der Waals surface area contributed by atoms with E-state index in [0.29, 0.717) is 6.54 Å². The van der Waals surface area contributed by atoms with Gasteiger partial charge in [-0.25, -0.2) is 0 Å². The molecule has 1 saturated carbocycles. The molecule has 0 radical (unpaired) electrons. The Labute approximate surface area is 111 Å². The van der Waals surface area contributed by atoms with E-state index in [9.17, 15) is 4.79 Å². The van der Waals surface area contributed by atoms with Crippen LogP contribution in [-0.4, -0.2) is 15.9 Å². The molecule has 1 N–H and O–H groups in total. The van der Waals surface area contributed by atoms with Gasteiger partial charge in [0.2, 0.25) is 5.91 Å². The molecular formula is C15H15N3O. The third-order valence-electron chi connectivity index (χ3n) is 3.22. The molecule has 2 aromatic heterocycles. The largest absolute Gasteiger partial charge is 0.352 e. The second-order valence-electron chi connectivity index (χ2n) is 4.78. The number of nitrogens with zero attached hydrogens (tertiary/aromatic N) is 2. The summed E-state index contributed by atoms with van der Waals surface area (Å²) in [6.07, 6.45) is 7.33. The molecule has 2 heterocycles. The van der Waals surface area contributed by atoms with Crippen LogP contribution in [-0.2, 0) is 11.3 Å². The summed E-state index contributed by atoms with van der Waals surface area (Å²) in [5.74, 6) is 0.420. The molecule has 0 atom stereocenters. The zero-order valence-electron chi connectivity index (χ0n) is 10.5. The van der Waals surface area contributed by atoms with E-state index in [4.69, 9.17) is 0 Å². The Hall–Kier alpha value is -2.23. The molecule has 0 unspecified atom stereocenters. The average molecular weight is 253 g/mol. The smallest absolute Gasteiger partial charge is 0.223 e. The van der Waals surface area contributed by atoms with Gasteiger partial charge in [0.1, 0.15) is 0 Å². The van der Waals surface area contributed by atoms with Crippen LogP contribution >= 0.6 is 0 Å². The number of hydrogen-bond acceptors (Lipinski definition) is 3. The van der Waals surface area contributed by atoms with Gasteiger partial charge in [-0.05, 0) is 42.7 Å². The lowest BCUT2D eigenvalue weighted by atomic mass is 10.1. The summed E-state index contributed by atoms with van der Waals surface area (Å²) >= 11 is 0. The van der Waals surface area contributed by atoms with Gasteiger partial charge in [0.25, 0.3) is 0 Å². The van der Waals surface area contributed by atoms with Crippen LogP contribution < -0.4 is 5.32 Å². The number of carbonyl (C=O) groups excluding carboxylic acids is 1. The van der Waals surface area contributed by atoms with Crippen LogP contribution in [0.15, 0.2) is 42.9 Å². The number of pyridine rings is 2. The van der Waals surface area contributed by atoms with Crippen LogP contribution in [0.4, 0.5) is 0 Å². The first-order valence-corrected chi connectivity index (χ1v) is 6.46. The Morgan fingerprint density at radius 2 is 2.00 bits per heavy atom. The summed E-state index contributed by atoms with van der Waals surface area (Å²) < 4.78 is 0. The number of hydrogen-bond donors (Lipinski definition) is 1. The highest BCUT2D eigenvalue weighted by atomic mass is 16.2. The Morgan fingerprint density at radius 1 is 1.21 bits per heavy atom. The van der Waals surface area contributed by atoms with Crippen molar-refractivity contribution < 1.29 is 4.79 Å². The van der Waals surface area contributed by atoms with Gasteiger partial charge in [-0.15, -0.1) is 0 Å². The molecule has 0 aromatic carbocycles. The van der Waals surface area contributed by atoms with Gasteiger partial charge in [-0.1, -0.05) is 0 Å². The summed E-state index contributed by atoms with van der Waals surface area (Å²) in [4.78, 5) is 19.9. The molecule has 0 spiro atoms. The quantitative estimate of drug-likeness (QED) is 0.908. The molecule has 0 aliphatic heterocycles. The minimum Gasteiger partial charge on any atom is -0.352 e. The molecule has 0 saturated heterocycles. The van der Waals surface area contributed by atoms with Gasteiger partial charge in [0, 0.05) is 36.6 Å². The lowest BCUT2D eigenvalue weighted by molar-refractivity contribution is -0.122. The fourth-order valence-corrected chi connectivity index (χ4v) is 1.94. The fourth-order valence-electron chi connectivity index (χ4n) is 1.94. The predicted molar refractivity (Wildman–Crippen MR) is 72.0 cm³/mol. The summed E-state index contributed by atoms with van der Waals surface area (Å²) in [6.45, 7) is 0.565. The van der Waals surface area contributed by atoms with Gasteiger partial charge in [0.05, 0.1) is 5.69 Å². The maximum absolute atomic E-state index is 11.6. The van der Waals surface area contributed by atoms with E-state index in [-0.39, 0.29) is 11.8 Å². The maximum Gasteiger partial charge on any atom is 0.223 e. The van der Waals surface area contributed by atoms with Crippen molar-refractivity contribution in [2.24, 2.45) is 5.92 Å². The Balaban J connectivity index is 1.71. The summed E-state index contributed by atoms with van der Waals surface area (Å²) in [6, 6.07) is 7.78. The van der Waals surface area contributed by atoms with Crippen LogP contribution in [0.5, 0.6) is 0 Å². The molecule has 19 heavy (non-hydrogen) atoms. The lowest BCUT2D eigenvalue weighted by Crippen LogP contribution is -2.24. The zero-order valence-corrected chi connectivity index (χ0v) is 10.5. The second-order valence-corrected chi connectivity index (χ2v) is 4.78. The number of carbonyl (C=O) groups is 1. The van der Waals surface area contributed by atoms with Crippen molar-refractivity contribution in [1.29, 1.82) is 0 Å². The molecule has 1 amide bonds. The first-order chi connectivity index (χ1) is 9.33. The number of nitrogens with one attached hydrogen (secondary N) is 1. The fraction of sp³-hybridized carbons (Fsp3) is 0.267. The van der Waals surface area contributed by atoms with Crippen LogP contribution in [0.25, 0.3) is 11.3 Å². The van der Waals surface area contributed by atoms with E-state index in [0.717, 1.165) is 29.7 Å². The Kier molecular flexibility index (Phi) is 3.23. The highest BCUT2D eigenvalue weighted by molar-refractivity contribution is 5.80. The average Bonchev–Trinajstić information content (AvgIpc) is 3.31.